The molecular formula is C16H18N2O2. The lowest BCUT2D eigenvalue weighted by atomic mass is 10.0. The third-order valence-electron chi connectivity index (χ3n) is 3.49. The van der Waals surface area contributed by atoms with Gasteiger partial charge in [-0.15, -0.1) is 0 Å². The number of hydrogen-bond donors (Lipinski definition) is 1. The van der Waals surface area contributed by atoms with Gasteiger partial charge < -0.3 is 9.72 Å². The first-order valence-electron chi connectivity index (χ1n) is 7.13. The Kier molecular flexibility index (Phi) is 3.54. The Morgan fingerprint density at radius 2 is 2.30 bits per heavy atom. The van der Waals surface area contributed by atoms with Crippen molar-refractivity contribution < 1.29 is 4.74 Å². The minimum atomic E-state index is -0.105. The summed E-state index contributed by atoms with van der Waals surface area (Å²) in [5.41, 5.74) is 2.72. The molecule has 2 aromatic rings. The first-order valence-corrected chi connectivity index (χ1v) is 7.13. The highest BCUT2D eigenvalue weighted by molar-refractivity contribution is 5.69. The molecule has 104 valence electrons. The standard InChI is InChI=1S/C16H18N2O2/c1-2-5-14-17-13(10-15(19)18-14)12-8-3-6-11-7-4-9-20-16(11)12/h3,6,8,10H,2,4-5,7,9H2,1H3,(H,17,18,19). The van der Waals surface area contributed by atoms with E-state index in [1.807, 2.05) is 12.1 Å². The number of nitrogens with zero attached hydrogens (tertiary/aromatic N) is 1. The van der Waals surface area contributed by atoms with Gasteiger partial charge >= 0.3 is 0 Å². The van der Waals surface area contributed by atoms with Crippen molar-refractivity contribution in [3.63, 3.8) is 0 Å². The molecule has 4 nitrogen and oxygen atoms in total. The second kappa shape index (κ2) is 5.49. The summed E-state index contributed by atoms with van der Waals surface area (Å²) >= 11 is 0. The van der Waals surface area contributed by atoms with Gasteiger partial charge in [0.05, 0.1) is 12.3 Å². The normalized spacial score (nSPS) is 13.7. The zero-order valence-electron chi connectivity index (χ0n) is 11.6. The molecule has 1 aromatic heterocycles. The molecule has 4 heteroatoms. The Labute approximate surface area is 117 Å². The first kappa shape index (κ1) is 12.9. The molecule has 1 aromatic carbocycles. The minimum Gasteiger partial charge on any atom is -0.493 e. The number of fused-ring (bicyclic) bond motifs is 1. The number of aryl methyl sites for hydroxylation is 2. The van der Waals surface area contributed by atoms with E-state index in [1.165, 1.54) is 5.56 Å². The fraction of sp³-hybridized carbons (Fsp3) is 0.375. The van der Waals surface area contributed by atoms with Crippen LogP contribution >= 0.6 is 0 Å². The molecule has 0 saturated carbocycles. The Bertz CT molecular complexity index is 676. The number of benzene rings is 1. The zero-order valence-corrected chi connectivity index (χ0v) is 11.6. The Morgan fingerprint density at radius 1 is 1.40 bits per heavy atom. The lowest BCUT2D eigenvalue weighted by Gasteiger charge is -2.20. The highest BCUT2D eigenvalue weighted by Crippen LogP contribution is 2.34. The molecule has 0 atom stereocenters. The van der Waals surface area contributed by atoms with E-state index in [1.54, 1.807) is 6.07 Å². The number of ether oxygens (including phenoxy) is 1. The van der Waals surface area contributed by atoms with E-state index in [0.717, 1.165) is 49.4 Å². The van der Waals surface area contributed by atoms with Gasteiger partial charge in [-0.05, 0) is 30.9 Å². The van der Waals surface area contributed by atoms with Crippen LogP contribution in [0.25, 0.3) is 11.3 Å². The third-order valence-corrected chi connectivity index (χ3v) is 3.49. The molecule has 1 N–H and O–H groups in total. The van der Waals surface area contributed by atoms with Crippen molar-refractivity contribution in [3.8, 4) is 17.0 Å². The van der Waals surface area contributed by atoms with Gasteiger partial charge in [0.25, 0.3) is 5.56 Å². The summed E-state index contributed by atoms with van der Waals surface area (Å²) in [7, 11) is 0. The maximum atomic E-state index is 11.8. The number of rotatable bonds is 3. The van der Waals surface area contributed by atoms with Crippen molar-refractivity contribution in [2.24, 2.45) is 0 Å². The smallest absolute Gasteiger partial charge is 0.251 e. The van der Waals surface area contributed by atoms with Crippen molar-refractivity contribution in [1.29, 1.82) is 0 Å². The number of aromatic amines is 1. The van der Waals surface area contributed by atoms with Crippen molar-refractivity contribution in [2.45, 2.75) is 32.6 Å². The average Bonchev–Trinajstić information content (AvgIpc) is 2.46. The minimum absolute atomic E-state index is 0.105. The van der Waals surface area contributed by atoms with Gasteiger partial charge in [0.1, 0.15) is 11.6 Å². The van der Waals surface area contributed by atoms with Crippen molar-refractivity contribution in [2.75, 3.05) is 6.61 Å². The quantitative estimate of drug-likeness (QED) is 0.933. The van der Waals surface area contributed by atoms with Gasteiger partial charge in [-0.3, -0.25) is 4.79 Å². The molecule has 0 amide bonds. The lowest BCUT2D eigenvalue weighted by Crippen LogP contribution is -2.13. The number of aromatic nitrogens is 2. The van der Waals surface area contributed by atoms with Crippen LogP contribution in [0, 0.1) is 0 Å². The van der Waals surface area contributed by atoms with Gasteiger partial charge in [-0.2, -0.15) is 0 Å². The molecule has 0 spiro atoms. The van der Waals surface area contributed by atoms with Crippen LogP contribution in [0.3, 0.4) is 0 Å². The fourth-order valence-corrected chi connectivity index (χ4v) is 2.59. The van der Waals surface area contributed by atoms with Crippen LogP contribution in [-0.4, -0.2) is 16.6 Å². The van der Waals surface area contributed by atoms with E-state index >= 15 is 0 Å². The summed E-state index contributed by atoms with van der Waals surface area (Å²) in [4.78, 5) is 19.1. The predicted molar refractivity (Wildman–Crippen MR) is 78.1 cm³/mol. The van der Waals surface area contributed by atoms with Crippen molar-refractivity contribution in [1.82, 2.24) is 9.97 Å². The van der Waals surface area contributed by atoms with Gasteiger partial charge in [-0.25, -0.2) is 4.98 Å². The SMILES string of the molecule is CCCc1nc(-c2cccc3c2OCCC3)cc(=O)[nH]1. The molecule has 1 aliphatic rings. The van der Waals surface area contributed by atoms with E-state index in [2.05, 4.69) is 23.0 Å². The molecule has 20 heavy (non-hydrogen) atoms. The Hall–Kier alpha value is -2.10. The van der Waals surface area contributed by atoms with Crippen LogP contribution in [0.4, 0.5) is 0 Å². The van der Waals surface area contributed by atoms with E-state index in [9.17, 15) is 4.79 Å². The summed E-state index contributed by atoms with van der Waals surface area (Å²) in [6.07, 6.45) is 3.79. The van der Waals surface area contributed by atoms with Crippen LogP contribution in [0.2, 0.25) is 0 Å². The summed E-state index contributed by atoms with van der Waals surface area (Å²) in [5.74, 6) is 1.63. The molecule has 0 radical (unpaired) electrons. The van der Waals surface area contributed by atoms with E-state index in [-0.39, 0.29) is 5.56 Å². The maximum Gasteiger partial charge on any atom is 0.251 e. The van der Waals surface area contributed by atoms with E-state index in [0.29, 0.717) is 5.69 Å². The highest BCUT2D eigenvalue weighted by atomic mass is 16.5. The second-order valence-electron chi connectivity index (χ2n) is 5.07. The molecule has 0 unspecified atom stereocenters. The number of hydrogen-bond acceptors (Lipinski definition) is 3. The van der Waals surface area contributed by atoms with Gasteiger partial charge in [0.15, 0.2) is 0 Å². The van der Waals surface area contributed by atoms with Gasteiger partial charge in [-0.1, -0.05) is 19.1 Å². The average molecular weight is 270 g/mol. The Balaban J connectivity index is 2.11. The van der Waals surface area contributed by atoms with Crippen LogP contribution in [0.1, 0.15) is 31.2 Å². The number of nitrogens with one attached hydrogen (secondary N) is 1. The molecule has 3 rings (SSSR count). The fourth-order valence-electron chi connectivity index (χ4n) is 2.59. The van der Waals surface area contributed by atoms with Gasteiger partial charge in [0.2, 0.25) is 0 Å². The van der Waals surface area contributed by atoms with E-state index < -0.39 is 0 Å². The number of H-pyrrole nitrogens is 1. The summed E-state index contributed by atoms with van der Waals surface area (Å²) in [6, 6.07) is 7.61. The molecule has 1 aliphatic heterocycles. The van der Waals surface area contributed by atoms with Crippen LogP contribution < -0.4 is 10.3 Å². The van der Waals surface area contributed by atoms with Crippen LogP contribution in [0.15, 0.2) is 29.1 Å². The zero-order chi connectivity index (χ0) is 13.9. The predicted octanol–water partition coefficient (Wildman–Crippen LogP) is 2.71. The monoisotopic (exact) mass is 270 g/mol. The molecule has 0 aliphatic carbocycles. The summed E-state index contributed by atoms with van der Waals surface area (Å²) in [5, 5.41) is 0. The molecule has 0 fully saturated rings. The third kappa shape index (κ3) is 2.46. The first-order chi connectivity index (χ1) is 9.78. The van der Waals surface area contributed by atoms with Crippen molar-refractivity contribution in [3.05, 3.63) is 46.0 Å². The van der Waals surface area contributed by atoms with Crippen LogP contribution in [-0.2, 0) is 12.8 Å². The van der Waals surface area contributed by atoms with Gasteiger partial charge in [0, 0.05) is 18.1 Å². The second-order valence-corrected chi connectivity index (χ2v) is 5.07. The lowest BCUT2D eigenvalue weighted by molar-refractivity contribution is 0.289. The molecule has 2 heterocycles. The molecule has 0 saturated heterocycles. The summed E-state index contributed by atoms with van der Waals surface area (Å²) < 4.78 is 5.80. The molecule has 0 bridgehead atoms. The number of para-hydroxylation sites is 1. The van der Waals surface area contributed by atoms with Crippen molar-refractivity contribution >= 4 is 0 Å². The maximum absolute atomic E-state index is 11.8. The Morgan fingerprint density at radius 3 is 3.15 bits per heavy atom. The molecular weight excluding hydrogens is 252 g/mol. The summed E-state index contributed by atoms with van der Waals surface area (Å²) in [6.45, 7) is 2.80. The topological polar surface area (TPSA) is 55.0 Å². The van der Waals surface area contributed by atoms with Crippen LogP contribution in [0.5, 0.6) is 5.75 Å². The van der Waals surface area contributed by atoms with E-state index in [4.69, 9.17) is 4.74 Å². The largest absolute Gasteiger partial charge is 0.493 e. The highest BCUT2D eigenvalue weighted by Gasteiger charge is 2.16.